The Hall–Kier alpha value is -4.33. The van der Waals surface area contributed by atoms with Gasteiger partial charge in [0.2, 0.25) is 0 Å². The minimum Gasteiger partial charge on any atom is -0.496 e. The van der Waals surface area contributed by atoms with E-state index in [0.29, 0.717) is 42.8 Å². The van der Waals surface area contributed by atoms with E-state index in [1.165, 1.54) is 12.4 Å². The molecule has 4 rings (SSSR count). The number of hydrogen-bond acceptors (Lipinski definition) is 9. The van der Waals surface area contributed by atoms with Gasteiger partial charge in [0, 0.05) is 24.6 Å². The molecule has 0 saturated carbocycles. The number of carbonyl (C=O) groups is 1. The molecule has 0 unspecified atom stereocenters. The predicted molar refractivity (Wildman–Crippen MR) is 141 cm³/mol. The minimum atomic E-state index is -0.529. The van der Waals surface area contributed by atoms with Crippen LogP contribution in [-0.2, 0) is 4.74 Å². The van der Waals surface area contributed by atoms with E-state index < -0.39 is 5.60 Å². The van der Waals surface area contributed by atoms with E-state index >= 15 is 0 Å². The number of nitrogens with one attached hydrogen (secondary N) is 2. The van der Waals surface area contributed by atoms with Crippen LogP contribution in [0.3, 0.4) is 0 Å². The summed E-state index contributed by atoms with van der Waals surface area (Å²) in [6.45, 7) is 9.24. The number of likely N-dealkylation sites (tertiary alicyclic amines) is 1. The summed E-state index contributed by atoms with van der Waals surface area (Å²) in [7, 11) is 1.61. The van der Waals surface area contributed by atoms with Crippen LogP contribution in [0.1, 0.15) is 44.9 Å². The molecule has 0 aliphatic carbocycles. The Kier molecular flexibility index (Phi) is 8.00. The molecule has 1 aliphatic rings. The van der Waals surface area contributed by atoms with E-state index in [2.05, 4.69) is 25.5 Å². The van der Waals surface area contributed by atoms with Crippen LogP contribution in [0, 0.1) is 24.2 Å². The SMILES string of the molecule is COc1cccc(OC[C@H]2CCCN(C(=O)OC(C)(C)C)C2)c1-c1[nH]nc(Nc2cnc(C#N)cn2)c1C. The minimum absolute atomic E-state index is 0.172. The van der Waals surface area contributed by atoms with Crippen LogP contribution in [0.4, 0.5) is 16.4 Å². The van der Waals surface area contributed by atoms with Crippen molar-refractivity contribution >= 4 is 17.7 Å². The lowest BCUT2D eigenvalue weighted by atomic mass is 9.99. The fourth-order valence-electron chi connectivity index (χ4n) is 4.28. The molecule has 3 heterocycles. The molecule has 11 heteroatoms. The predicted octanol–water partition coefficient (Wildman–Crippen LogP) is 4.82. The molecule has 1 fully saturated rings. The van der Waals surface area contributed by atoms with E-state index in [-0.39, 0.29) is 17.7 Å². The van der Waals surface area contributed by atoms with Crippen LogP contribution in [0.5, 0.6) is 11.5 Å². The van der Waals surface area contributed by atoms with Crippen molar-refractivity contribution in [3.63, 3.8) is 0 Å². The lowest BCUT2D eigenvalue weighted by Crippen LogP contribution is -2.44. The van der Waals surface area contributed by atoms with Gasteiger partial charge >= 0.3 is 6.09 Å². The van der Waals surface area contributed by atoms with Crippen molar-refractivity contribution in [2.75, 3.05) is 32.1 Å². The number of methoxy groups -OCH3 is 1. The number of aromatic amines is 1. The van der Waals surface area contributed by atoms with Crippen molar-refractivity contribution < 1.29 is 19.0 Å². The zero-order valence-corrected chi connectivity index (χ0v) is 22.4. The van der Waals surface area contributed by atoms with Crippen LogP contribution < -0.4 is 14.8 Å². The van der Waals surface area contributed by atoms with Crippen LogP contribution in [0.15, 0.2) is 30.6 Å². The number of rotatable bonds is 7. The Bertz CT molecular complexity index is 1310. The van der Waals surface area contributed by atoms with E-state index in [9.17, 15) is 4.79 Å². The van der Waals surface area contributed by atoms with Gasteiger partial charge in [-0.2, -0.15) is 10.4 Å². The molecule has 2 N–H and O–H groups in total. The molecule has 1 aromatic carbocycles. The smallest absolute Gasteiger partial charge is 0.410 e. The molecule has 1 amide bonds. The second kappa shape index (κ2) is 11.4. The van der Waals surface area contributed by atoms with Crippen molar-refractivity contribution in [2.24, 2.45) is 5.92 Å². The Labute approximate surface area is 222 Å². The summed E-state index contributed by atoms with van der Waals surface area (Å²) >= 11 is 0. The topological polar surface area (TPSA) is 138 Å². The quantitative estimate of drug-likeness (QED) is 0.449. The summed E-state index contributed by atoms with van der Waals surface area (Å²) < 4.78 is 17.6. The molecule has 2 aromatic heterocycles. The number of amides is 1. The number of anilines is 2. The van der Waals surface area contributed by atoms with E-state index in [0.717, 1.165) is 29.7 Å². The van der Waals surface area contributed by atoms with Gasteiger partial charge in [0.25, 0.3) is 0 Å². The molecule has 1 aliphatic heterocycles. The molecule has 0 spiro atoms. The zero-order valence-electron chi connectivity index (χ0n) is 22.4. The van der Waals surface area contributed by atoms with Crippen molar-refractivity contribution in [2.45, 2.75) is 46.1 Å². The zero-order chi connectivity index (χ0) is 27.3. The Balaban J connectivity index is 1.51. The first-order chi connectivity index (χ1) is 18.2. The van der Waals surface area contributed by atoms with Crippen molar-refractivity contribution in [3.8, 4) is 28.8 Å². The fourth-order valence-corrected chi connectivity index (χ4v) is 4.28. The number of aromatic nitrogens is 4. The maximum absolute atomic E-state index is 12.6. The third-order valence-electron chi connectivity index (χ3n) is 6.13. The Morgan fingerprint density at radius 3 is 2.74 bits per heavy atom. The third kappa shape index (κ3) is 6.32. The number of piperidine rings is 1. The standard InChI is InChI=1S/C27H33N7O4/c1-17-24(32-33-25(17)31-22-14-29-19(12-28)13-30-22)23-20(36-5)9-6-10-21(23)37-16-18-8-7-11-34(15-18)26(35)38-27(2,3)4/h6,9-10,13-14,18H,7-8,11,15-16H2,1-5H3,(H2,30,31,32,33)/t18-/m0/s1. The van der Waals surface area contributed by atoms with Crippen LogP contribution in [0.2, 0.25) is 0 Å². The first kappa shape index (κ1) is 26.7. The highest BCUT2D eigenvalue weighted by molar-refractivity contribution is 5.79. The summed E-state index contributed by atoms with van der Waals surface area (Å²) in [5.41, 5.74) is 2.02. The van der Waals surface area contributed by atoms with Gasteiger partial charge in [-0.25, -0.2) is 14.8 Å². The molecule has 0 bridgehead atoms. The number of ether oxygens (including phenoxy) is 3. The first-order valence-electron chi connectivity index (χ1n) is 12.5. The molecule has 38 heavy (non-hydrogen) atoms. The molecule has 1 saturated heterocycles. The molecule has 0 radical (unpaired) electrons. The molecular formula is C27H33N7O4. The molecule has 3 aromatic rings. The lowest BCUT2D eigenvalue weighted by molar-refractivity contribution is 0.0139. The number of H-pyrrole nitrogens is 1. The number of nitriles is 1. The maximum atomic E-state index is 12.6. The van der Waals surface area contributed by atoms with Gasteiger partial charge in [-0.15, -0.1) is 0 Å². The summed E-state index contributed by atoms with van der Waals surface area (Å²) in [4.78, 5) is 22.6. The summed E-state index contributed by atoms with van der Waals surface area (Å²) in [6, 6.07) is 7.59. The second-order valence-corrected chi connectivity index (χ2v) is 10.2. The van der Waals surface area contributed by atoms with Gasteiger partial charge in [0.1, 0.15) is 29.0 Å². The van der Waals surface area contributed by atoms with Crippen LogP contribution >= 0.6 is 0 Å². The first-order valence-corrected chi connectivity index (χ1v) is 12.5. The highest BCUT2D eigenvalue weighted by atomic mass is 16.6. The van der Waals surface area contributed by atoms with Gasteiger partial charge < -0.3 is 24.4 Å². The molecule has 1 atom stereocenters. The molecule has 200 valence electrons. The second-order valence-electron chi connectivity index (χ2n) is 10.2. The van der Waals surface area contributed by atoms with Gasteiger partial charge in [-0.1, -0.05) is 6.07 Å². The number of hydrogen-bond donors (Lipinski definition) is 2. The molecule has 11 nitrogen and oxygen atoms in total. The van der Waals surface area contributed by atoms with Crippen molar-refractivity contribution in [1.82, 2.24) is 25.1 Å². The Morgan fingerprint density at radius 2 is 2.05 bits per heavy atom. The normalized spacial score (nSPS) is 15.5. The van der Waals surface area contributed by atoms with Crippen LogP contribution in [0.25, 0.3) is 11.3 Å². The van der Waals surface area contributed by atoms with E-state index in [1.807, 2.05) is 52.0 Å². The lowest BCUT2D eigenvalue weighted by Gasteiger charge is -2.34. The summed E-state index contributed by atoms with van der Waals surface area (Å²) in [5.74, 6) is 2.49. The van der Waals surface area contributed by atoms with E-state index in [1.54, 1.807) is 12.0 Å². The largest absolute Gasteiger partial charge is 0.496 e. The highest BCUT2D eigenvalue weighted by Crippen LogP contribution is 2.41. The average molecular weight is 520 g/mol. The number of carbonyl (C=O) groups excluding carboxylic acids is 1. The van der Waals surface area contributed by atoms with Crippen molar-refractivity contribution in [1.29, 1.82) is 5.26 Å². The molecular weight excluding hydrogens is 486 g/mol. The summed E-state index contributed by atoms with van der Waals surface area (Å²) in [6.07, 6.45) is 4.44. The fraction of sp³-hybridized carbons (Fsp3) is 0.444. The average Bonchev–Trinajstić information content (AvgIpc) is 3.26. The maximum Gasteiger partial charge on any atom is 0.410 e. The third-order valence-corrected chi connectivity index (χ3v) is 6.13. The highest BCUT2D eigenvalue weighted by Gasteiger charge is 2.28. The summed E-state index contributed by atoms with van der Waals surface area (Å²) in [5, 5.41) is 19.6. The number of benzene rings is 1. The van der Waals surface area contributed by atoms with Gasteiger partial charge in [-0.05, 0) is 52.7 Å². The Morgan fingerprint density at radius 1 is 1.26 bits per heavy atom. The van der Waals surface area contributed by atoms with E-state index in [4.69, 9.17) is 19.5 Å². The van der Waals surface area contributed by atoms with Crippen LogP contribution in [-0.4, -0.2) is 63.6 Å². The monoisotopic (exact) mass is 519 g/mol. The van der Waals surface area contributed by atoms with Gasteiger partial charge in [0.15, 0.2) is 11.5 Å². The van der Waals surface area contributed by atoms with Gasteiger partial charge in [0.05, 0.1) is 37.4 Å². The van der Waals surface area contributed by atoms with Gasteiger partial charge in [-0.3, -0.25) is 5.10 Å². The number of nitrogens with zero attached hydrogens (tertiary/aromatic N) is 5. The van der Waals surface area contributed by atoms with Crippen molar-refractivity contribution in [3.05, 3.63) is 41.9 Å².